The lowest BCUT2D eigenvalue weighted by Crippen LogP contribution is -2.49. The molecule has 2 N–H and O–H groups in total. The Balaban J connectivity index is 1.76. The third-order valence-electron chi connectivity index (χ3n) is 3.99. The molecule has 0 saturated carbocycles. The Kier molecular flexibility index (Phi) is 6.14. The monoisotopic (exact) mass is 295 g/mol. The van der Waals surface area contributed by atoms with E-state index in [4.69, 9.17) is 17.3 Å². The molecule has 0 bridgehead atoms. The van der Waals surface area contributed by atoms with Crippen molar-refractivity contribution in [3.63, 3.8) is 0 Å². The second-order valence-electron chi connectivity index (χ2n) is 5.67. The van der Waals surface area contributed by atoms with E-state index in [9.17, 15) is 0 Å². The third kappa shape index (κ3) is 4.65. The third-order valence-corrected chi connectivity index (χ3v) is 4.24. The summed E-state index contributed by atoms with van der Waals surface area (Å²) >= 11 is 5.93. The van der Waals surface area contributed by atoms with Crippen LogP contribution in [-0.4, -0.2) is 43.7 Å². The van der Waals surface area contributed by atoms with Crippen LogP contribution < -0.4 is 10.6 Å². The fourth-order valence-electron chi connectivity index (χ4n) is 2.73. The van der Waals surface area contributed by atoms with Crippen molar-refractivity contribution >= 4 is 17.3 Å². The van der Waals surface area contributed by atoms with Gasteiger partial charge in [-0.2, -0.15) is 0 Å². The fraction of sp³-hybridized carbons (Fsp3) is 0.625. The van der Waals surface area contributed by atoms with Gasteiger partial charge in [-0.3, -0.25) is 4.90 Å². The van der Waals surface area contributed by atoms with Gasteiger partial charge in [-0.25, -0.2) is 0 Å². The maximum Gasteiger partial charge on any atom is 0.0407 e. The quantitative estimate of drug-likeness (QED) is 0.876. The molecule has 0 spiro atoms. The van der Waals surface area contributed by atoms with E-state index >= 15 is 0 Å². The molecule has 1 aromatic carbocycles. The predicted octanol–water partition coefficient (Wildman–Crippen LogP) is 2.98. The number of hydrogen-bond donors (Lipinski definition) is 1. The lowest BCUT2D eigenvalue weighted by atomic mass is 10.1. The average Bonchev–Trinajstić information content (AvgIpc) is 2.47. The van der Waals surface area contributed by atoms with E-state index in [1.54, 1.807) is 0 Å². The summed E-state index contributed by atoms with van der Waals surface area (Å²) in [6, 6.07) is 8.46. The molecule has 1 heterocycles. The Morgan fingerprint density at radius 1 is 1.15 bits per heavy atom. The van der Waals surface area contributed by atoms with Crippen LogP contribution >= 0.6 is 11.6 Å². The van der Waals surface area contributed by atoms with Crippen LogP contribution in [0.5, 0.6) is 0 Å². The molecule has 1 aliphatic rings. The molecule has 3 nitrogen and oxygen atoms in total. The SMILES string of the molecule is CCCCC(N)CN1CCN(c2ccc(Cl)cc2)CC1. The van der Waals surface area contributed by atoms with Crippen molar-refractivity contribution in [3.05, 3.63) is 29.3 Å². The Hall–Kier alpha value is -0.770. The zero-order valence-corrected chi connectivity index (χ0v) is 13.1. The van der Waals surface area contributed by atoms with E-state index in [0.29, 0.717) is 6.04 Å². The number of halogens is 1. The molecule has 0 radical (unpaired) electrons. The van der Waals surface area contributed by atoms with E-state index in [0.717, 1.165) is 44.2 Å². The average molecular weight is 296 g/mol. The van der Waals surface area contributed by atoms with Crippen LogP contribution in [0.1, 0.15) is 26.2 Å². The maximum absolute atomic E-state index is 6.18. The molecular weight excluding hydrogens is 270 g/mol. The van der Waals surface area contributed by atoms with Gasteiger partial charge in [-0.1, -0.05) is 31.4 Å². The van der Waals surface area contributed by atoms with E-state index in [2.05, 4.69) is 28.9 Å². The number of nitrogens with zero attached hydrogens (tertiary/aromatic N) is 2. The first-order valence-corrected chi connectivity index (χ1v) is 8.05. The van der Waals surface area contributed by atoms with E-state index in [1.807, 2.05) is 12.1 Å². The molecule has 1 saturated heterocycles. The van der Waals surface area contributed by atoms with Gasteiger partial charge in [-0.15, -0.1) is 0 Å². The second kappa shape index (κ2) is 7.87. The highest BCUT2D eigenvalue weighted by Crippen LogP contribution is 2.19. The van der Waals surface area contributed by atoms with Crippen molar-refractivity contribution in [2.24, 2.45) is 5.73 Å². The van der Waals surface area contributed by atoms with Crippen LogP contribution in [0.4, 0.5) is 5.69 Å². The van der Waals surface area contributed by atoms with E-state index in [1.165, 1.54) is 18.5 Å². The first kappa shape index (κ1) is 15.6. The van der Waals surface area contributed by atoms with Gasteiger partial charge in [0.2, 0.25) is 0 Å². The molecule has 1 aromatic rings. The number of anilines is 1. The summed E-state index contributed by atoms with van der Waals surface area (Å²) in [7, 11) is 0. The number of benzene rings is 1. The zero-order valence-electron chi connectivity index (χ0n) is 12.4. The smallest absolute Gasteiger partial charge is 0.0407 e. The van der Waals surface area contributed by atoms with Crippen molar-refractivity contribution in [3.8, 4) is 0 Å². The molecule has 4 heteroatoms. The van der Waals surface area contributed by atoms with Crippen LogP contribution in [0.25, 0.3) is 0 Å². The molecule has 0 aliphatic carbocycles. The lowest BCUT2D eigenvalue weighted by Gasteiger charge is -2.37. The summed E-state index contributed by atoms with van der Waals surface area (Å²) in [5.41, 5.74) is 7.45. The first-order valence-electron chi connectivity index (χ1n) is 7.67. The van der Waals surface area contributed by atoms with Gasteiger partial charge >= 0.3 is 0 Å². The molecule has 20 heavy (non-hydrogen) atoms. The van der Waals surface area contributed by atoms with Gasteiger partial charge < -0.3 is 10.6 Å². The van der Waals surface area contributed by atoms with E-state index < -0.39 is 0 Å². The maximum atomic E-state index is 6.18. The summed E-state index contributed by atoms with van der Waals surface area (Å²) in [6.45, 7) is 7.60. The highest BCUT2D eigenvalue weighted by Gasteiger charge is 2.18. The van der Waals surface area contributed by atoms with E-state index in [-0.39, 0.29) is 0 Å². The summed E-state index contributed by atoms with van der Waals surface area (Å²) in [6.07, 6.45) is 3.62. The molecule has 0 aromatic heterocycles. The zero-order chi connectivity index (χ0) is 14.4. The van der Waals surface area contributed by atoms with Crippen molar-refractivity contribution in [2.75, 3.05) is 37.6 Å². The van der Waals surface area contributed by atoms with Crippen LogP contribution in [0.15, 0.2) is 24.3 Å². The second-order valence-corrected chi connectivity index (χ2v) is 6.10. The number of nitrogens with two attached hydrogens (primary N) is 1. The molecule has 0 amide bonds. The Morgan fingerprint density at radius 2 is 1.80 bits per heavy atom. The molecule has 1 atom stereocenters. The lowest BCUT2D eigenvalue weighted by molar-refractivity contribution is 0.238. The molecule has 1 unspecified atom stereocenters. The van der Waals surface area contributed by atoms with Crippen molar-refractivity contribution < 1.29 is 0 Å². The van der Waals surface area contributed by atoms with Crippen LogP contribution in [0, 0.1) is 0 Å². The highest BCUT2D eigenvalue weighted by atomic mass is 35.5. The van der Waals surface area contributed by atoms with Gasteiger partial charge in [0.05, 0.1) is 0 Å². The fourth-order valence-corrected chi connectivity index (χ4v) is 2.86. The Morgan fingerprint density at radius 3 is 2.40 bits per heavy atom. The summed E-state index contributed by atoms with van der Waals surface area (Å²) in [4.78, 5) is 4.91. The number of piperazine rings is 1. The van der Waals surface area contributed by atoms with Gasteiger partial charge in [-0.05, 0) is 30.7 Å². The minimum absolute atomic E-state index is 0.331. The number of rotatable bonds is 6. The topological polar surface area (TPSA) is 32.5 Å². The normalized spacial score (nSPS) is 18.2. The highest BCUT2D eigenvalue weighted by molar-refractivity contribution is 6.30. The number of unbranched alkanes of at least 4 members (excludes halogenated alkanes) is 1. The largest absolute Gasteiger partial charge is 0.369 e. The van der Waals surface area contributed by atoms with Gasteiger partial charge in [0, 0.05) is 49.5 Å². The minimum atomic E-state index is 0.331. The molecule has 1 aliphatic heterocycles. The van der Waals surface area contributed by atoms with Crippen molar-refractivity contribution in [1.82, 2.24) is 4.90 Å². The molecular formula is C16H26ClN3. The standard InChI is InChI=1S/C16H26ClN3/c1-2-3-4-15(18)13-19-9-11-20(12-10-19)16-7-5-14(17)6-8-16/h5-8,15H,2-4,9-13,18H2,1H3. The summed E-state index contributed by atoms with van der Waals surface area (Å²) < 4.78 is 0. The minimum Gasteiger partial charge on any atom is -0.369 e. The summed E-state index contributed by atoms with van der Waals surface area (Å²) in [5.74, 6) is 0. The molecule has 2 rings (SSSR count). The molecule has 112 valence electrons. The predicted molar refractivity (Wildman–Crippen MR) is 87.6 cm³/mol. The number of hydrogen-bond acceptors (Lipinski definition) is 3. The van der Waals surface area contributed by atoms with Crippen LogP contribution in [0.3, 0.4) is 0 Å². The first-order chi connectivity index (χ1) is 9.69. The Bertz CT molecular complexity index is 385. The van der Waals surface area contributed by atoms with Crippen LogP contribution in [-0.2, 0) is 0 Å². The van der Waals surface area contributed by atoms with Gasteiger partial charge in [0.1, 0.15) is 0 Å². The van der Waals surface area contributed by atoms with Gasteiger partial charge in [0.15, 0.2) is 0 Å². The Labute approximate surface area is 127 Å². The molecule has 1 fully saturated rings. The summed E-state index contributed by atoms with van der Waals surface area (Å²) in [5, 5.41) is 0.800. The van der Waals surface area contributed by atoms with Crippen molar-refractivity contribution in [1.29, 1.82) is 0 Å². The van der Waals surface area contributed by atoms with Crippen molar-refractivity contribution in [2.45, 2.75) is 32.2 Å². The van der Waals surface area contributed by atoms with Crippen LogP contribution in [0.2, 0.25) is 5.02 Å². The van der Waals surface area contributed by atoms with Gasteiger partial charge in [0.25, 0.3) is 0 Å².